The van der Waals surface area contributed by atoms with Gasteiger partial charge >= 0.3 is 0 Å². The smallest absolute Gasteiger partial charge is 0.179 e. The van der Waals surface area contributed by atoms with Crippen molar-refractivity contribution in [3.63, 3.8) is 0 Å². The van der Waals surface area contributed by atoms with E-state index in [4.69, 9.17) is 5.26 Å². The molecule has 0 spiro atoms. The first-order valence-electron chi connectivity index (χ1n) is 9.87. The van der Waals surface area contributed by atoms with Gasteiger partial charge < -0.3 is 4.90 Å². The predicted molar refractivity (Wildman–Crippen MR) is 115 cm³/mol. The molecular formula is C23H18N8. The number of fused-ring (bicyclic) bond motifs is 1. The Labute approximate surface area is 178 Å². The minimum Gasteiger partial charge on any atom is -0.306 e. The number of nitrogens with zero attached hydrogens (tertiary/aromatic N) is 8. The number of pyridine rings is 2. The number of rotatable bonds is 3. The number of hydrogen-bond acceptors (Lipinski definition) is 6. The molecule has 0 atom stereocenters. The van der Waals surface area contributed by atoms with E-state index in [1.54, 1.807) is 26.5 Å². The van der Waals surface area contributed by atoms with E-state index in [-0.39, 0.29) is 0 Å². The second kappa shape index (κ2) is 7.43. The highest BCUT2D eigenvalue weighted by Gasteiger charge is 2.16. The zero-order valence-electron chi connectivity index (χ0n) is 16.9. The van der Waals surface area contributed by atoms with E-state index >= 15 is 0 Å². The average molecular weight is 406 g/mol. The van der Waals surface area contributed by atoms with Crippen molar-refractivity contribution >= 4 is 11.1 Å². The predicted octanol–water partition coefficient (Wildman–Crippen LogP) is 3.24. The fraction of sp³-hybridized carbons (Fsp3) is 0.174. The van der Waals surface area contributed by atoms with Gasteiger partial charge in [0.05, 0.1) is 29.2 Å². The SMILES string of the molecule is Cn1cc(-c2cc(-c3ccc(C4=CCN(C#N)CC4)nc3)c3c(C#N)cnn3c2)cn1. The van der Waals surface area contributed by atoms with Gasteiger partial charge in [0.2, 0.25) is 0 Å². The van der Waals surface area contributed by atoms with E-state index in [1.807, 2.05) is 37.8 Å². The third kappa shape index (κ3) is 3.30. The van der Waals surface area contributed by atoms with E-state index in [9.17, 15) is 5.26 Å². The van der Waals surface area contributed by atoms with Gasteiger partial charge in [0.1, 0.15) is 6.07 Å². The van der Waals surface area contributed by atoms with Crippen LogP contribution in [0.5, 0.6) is 0 Å². The largest absolute Gasteiger partial charge is 0.306 e. The van der Waals surface area contributed by atoms with Gasteiger partial charge in [-0.15, -0.1) is 0 Å². The fourth-order valence-corrected chi connectivity index (χ4v) is 3.89. The van der Waals surface area contributed by atoms with Gasteiger partial charge in [-0.05, 0) is 24.1 Å². The lowest BCUT2D eigenvalue weighted by molar-refractivity contribution is 0.431. The maximum Gasteiger partial charge on any atom is 0.179 e. The summed E-state index contributed by atoms with van der Waals surface area (Å²) in [5, 5.41) is 27.2. The van der Waals surface area contributed by atoms with E-state index in [0.717, 1.165) is 45.5 Å². The zero-order valence-corrected chi connectivity index (χ0v) is 16.9. The topological polar surface area (TPSA) is 98.8 Å². The molecule has 0 aliphatic carbocycles. The van der Waals surface area contributed by atoms with Gasteiger partial charge in [0, 0.05) is 61.0 Å². The van der Waals surface area contributed by atoms with Crippen molar-refractivity contribution in [3.8, 4) is 34.5 Å². The maximum atomic E-state index is 9.57. The van der Waals surface area contributed by atoms with Crippen LogP contribution >= 0.6 is 0 Å². The summed E-state index contributed by atoms with van der Waals surface area (Å²) in [4.78, 5) is 6.41. The Morgan fingerprint density at radius 3 is 2.55 bits per heavy atom. The van der Waals surface area contributed by atoms with Crippen LogP contribution in [-0.4, -0.2) is 42.4 Å². The highest BCUT2D eigenvalue weighted by molar-refractivity contribution is 5.87. The highest BCUT2D eigenvalue weighted by atomic mass is 15.2. The van der Waals surface area contributed by atoms with Crippen LogP contribution in [0.15, 0.2) is 55.3 Å². The van der Waals surface area contributed by atoms with Crippen LogP contribution in [0.1, 0.15) is 17.7 Å². The van der Waals surface area contributed by atoms with E-state index in [1.165, 1.54) is 0 Å². The summed E-state index contributed by atoms with van der Waals surface area (Å²) in [7, 11) is 1.88. The van der Waals surface area contributed by atoms with Gasteiger partial charge in [0.25, 0.3) is 0 Å². The first kappa shape index (κ1) is 18.6. The molecule has 0 fully saturated rings. The first-order chi connectivity index (χ1) is 15.2. The van der Waals surface area contributed by atoms with Crippen molar-refractivity contribution in [2.45, 2.75) is 6.42 Å². The van der Waals surface area contributed by atoms with E-state index in [0.29, 0.717) is 18.7 Å². The molecule has 0 bridgehead atoms. The minimum absolute atomic E-state index is 0.517. The number of hydrogen-bond donors (Lipinski definition) is 0. The van der Waals surface area contributed by atoms with Gasteiger partial charge in [-0.2, -0.15) is 20.7 Å². The molecule has 0 radical (unpaired) electrons. The van der Waals surface area contributed by atoms with Gasteiger partial charge in [-0.1, -0.05) is 12.1 Å². The first-order valence-corrected chi connectivity index (χ1v) is 9.87. The van der Waals surface area contributed by atoms with Crippen molar-refractivity contribution in [1.29, 1.82) is 10.5 Å². The van der Waals surface area contributed by atoms with Crippen LogP contribution in [-0.2, 0) is 7.05 Å². The second-order valence-corrected chi connectivity index (χ2v) is 7.47. The third-order valence-electron chi connectivity index (χ3n) is 5.52. The molecule has 31 heavy (non-hydrogen) atoms. The van der Waals surface area contributed by atoms with Crippen LogP contribution in [0.4, 0.5) is 0 Å². The lowest BCUT2D eigenvalue weighted by Crippen LogP contribution is -2.23. The number of aryl methyl sites for hydroxylation is 1. The third-order valence-corrected chi connectivity index (χ3v) is 5.52. The average Bonchev–Trinajstić information content (AvgIpc) is 3.44. The van der Waals surface area contributed by atoms with Crippen LogP contribution in [0.2, 0.25) is 0 Å². The monoisotopic (exact) mass is 406 g/mol. The van der Waals surface area contributed by atoms with Crippen molar-refractivity contribution in [1.82, 2.24) is 29.3 Å². The normalized spacial score (nSPS) is 13.6. The standard InChI is InChI=1S/C23H18N8/c1-29-13-20(12-27-29)18-8-21(23-19(9-24)11-28-31(23)14-18)17-2-3-22(26-10-17)16-4-6-30(15-25)7-5-16/h2-4,8,10-14H,5-7H2,1H3. The van der Waals surface area contributed by atoms with Gasteiger partial charge in [-0.3, -0.25) is 9.67 Å². The number of nitriles is 2. The molecule has 1 aliphatic heterocycles. The maximum absolute atomic E-state index is 9.57. The van der Waals surface area contributed by atoms with Crippen LogP contribution < -0.4 is 0 Å². The lowest BCUT2D eigenvalue weighted by Gasteiger charge is -2.20. The van der Waals surface area contributed by atoms with Crippen molar-refractivity contribution < 1.29 is 0 Å². The molecule has 0 N–H and O–H groups in total. The summed E-state index contributed by atoms with van der Waals surface area (Å²) in [5.74, 6) is 0. The molecule has 8 nitrogen and oxygen atoms in total. The lowest BCUT2D eigenvalue weighted by atomic mass is 9.99. The second-order valence-electron chi connectivity index (χ2n) is 7.47. The molecule has 0 aromatic carbocycles. The Morgan fingerprint density at radius 2 is 1.90 bits per heavy atom. The fourth-order valence-electron chi connectivity index (χ4n) is 3.89. The number of aromatic nitrogens is 5. The summed E-state index contributed by atoms with van der Waals surface area (Å²) in [6.45, 7) is 1.32. The van der Waals surface area contributed by atoms with Gasteiger partial charge in [0.15, 0.2) is 6.19 Å². The molecule has 4 aromatic rings. The molecule has 0 amide bonds. The highest BCUT2D eigenvalue weighted by Crippen LogP contribution is 2.32. The molecule has 5 rings (SSSR count). The molecule has 8 heteroatoms. The molecular weight excluding hydrogens is 388 g/mol. The zero-order chi connectivity index (χ0) is 21.4. The summed E-state index contributed by atoms with van der Waals surface area (Å²) < 4.78 is 3.49. The Bertz CT molecular complexity index is 1390. The van der Waals surface area contributed by atoms with Gasteiger partial charge in [-0.25, -0.2) is 4.52 Å². The van der Waals surface area contributed by atoms with E-state index < -0.39 is 0 Å². The molecule has 0 saturated heterocycles. The molecule has 150 valence electrons. The molecule has 5 heterocycles. The molecule has 0 saturated carbocycles. The molecule has 1 aliphatic rings. The molecule has 4 aromatic heterocycles. The molecule has 0 unspecified atom stereocenters. The Morgan fingerprint density at radius 1 is 1.00 bits per heavy atom. The summed E-state index contributed by atoms with van der Waals surface area (Å²) in [5.41, 5.74) is 7.06. The Hall–Kier alpha value is -4.43. The van der Waals surface area contributed by atoms with Crippen LogP contribution in [0.25, 0.3) is 33.3 Å². The van der Waals surface area contributed by atoms with E-state index in [2.05, 4.69) is 39.6 Å². The van der Waals surface area contributed by atoms with Crippen molar-refractivity contribution in [3.05, 3.63) is 66.5 Å². The summed E-state index contributed by atoms with van der Waals surface area (Å²) in [6, 6.07) is 8.31. The van der Waals surface area contributed by atoms with Crippen LogP contribution in [0.3, 0.4) is 0 Å². The van der Waals surface area contributed by atoms with Crippen LogP contribution in [0, 0.1) is 22.8 Å². The Balaban J connectivity index is 1.59. The summed E-state index contributed by atoms with van der Waals surface area (Å²) >= 11 is 0. The Kier molecular flexibility index (Phi) is 4.46. The van der Waals surface area contributed by atoms with Crippen molar-refractivity contribution in [2.24, 2.45) is 7.05 Å². The minimum atomic E-state index is 0.517. The van der Waals surface area contributed by atoms with Crippen molar-refractivity contribution in [2.75, 3.05) is 13.1 Å². The quantitative estimate of drug-likeness (QED) is 0.484. The summed E-state index contributed by atoms with van der Waals surface area (Å²) in [6.07, 6.45) is 14.1.